The van der Waals surface area contributed by atoms with Crippen molar-refractivity contribution in [2.45, 2.75) is 38.8 Å². The van der Waals surface area contributed by atoms with Crippen LogP contribution in [-0.4, -0.2) is 36.2 Å². The third-order valence-electron chi connectivity index (χ3n) is 4.46. The summed E-state index contributed by atoms with van der Waals surface area (Å²) in [6.07, 6.45) is 1.85. The molecule has 0 amide bonds. The lowest BCUT2D eigenvalue weighted by atomic mass is 9.79. The van der Waals surface area contributed by atoms with Crippen molar-refractivity contribution >= 4 is 0 Å². The van der Waals surface area contributed by atoms with Crippen LogP contribution in [0.2, 0.25) is 0 Å². The van der Waals surface area contributed by atoms with Crippen LogP contribution in [0.25, 0.3) is 0 Å². The Hall–Kier alpha value is -0.900. The van der Waals surface area contributed by atoms with E-state index in [0.717, 1.165) is 25.9 Å². The molecular formula is C17H28N2O. The van der Waals surface area contributed by atoms with Crippen LogP contribution in [0.3, 0.4) is 0 Å². The molecule has 1 fully saturated rings. The minimum atomic E-state index is -0.0621. The van der Waals surface area contributed by atoms with Gasteiger partial charge in [-0.15, -0.1) is 0 Å². The van der Waals surface area contributed by atoms with Crippen molar-refractivity contribution in [2.75, 3.05) is 20.1 Å². The fraction of sp³-hybridized carbons (Fsp3) is 0.647. The van der Waals surface area contributed by atoms with Gasteiger partial charge in [-0.2, -0.15) is 0 Å². The number of hydrogen-bond acceptors (Lipinski definition) is 3. The number of rotatable bonds is 6. The topological polar surface area (TPSA) is 49.5 Å². The summed E-state index contributed by atoms with van der Waals surface area (Å²) >= 11 is 0. The number of nitrogens with zero attached hydrogens (tertiary/aromatic N) is 1. The molecule has 1 unspecified atom stereocenters. The van der Waals surface area contributed by atoms with Crippen LogP contribution in [0.5, 0.6) is 0 Å². The quantitative estimate of drug-likeness (QED) is 0.839. The summed E-state index contributed by atoms with van der Waals surface area (Å²) < 4.78 is 0. The van der Waals surface area contributed by atoms with Crippen molar-refractivity contribution in [3.8, 4) is 0 Å². The van der Waals surface area contributed by atoms with Gasteiger partial charge in [-0.25, -0.2) is 0 Å². The largest absolute Gasteiger partial charge is 0.393 e. The predicted octanol–water partition coefficient (Wildman–Crippen LogP) is 2.42. The number of aliphatic hydroxyl groups is 1. The highest BCUT2D eigenvalue weighted by atomic mass is 16.3. The van der Waals surface area contributed by atoms with Crippen molar-refractivity contribution in [1.29, 1.82) is 0 Å². The van der Waals surface area contributed by atoms with E-state index in [2.05, 4.69) is 37.9 Å². The van der Waals surface area contributed by atoms with Gasteiger partial charge in [0.25, 0.3) is 0 Å². The van der Waals surface area contributed by atoms with Crippen molar-refractivity contribution in [3.05, 3.63) is 35.9 Å². The number of hydrogen-bond donors (Lipinski definition) is 2. The highest BCUT2D eigenvalue weighted by molar-refractivity contribution is 5.20. The van der Waals surface area contributed by atoms with E-state index in [-0.39, 0.29) is 17.6 Å². The Morgan fingerprint density at radius 1 is 1.30 bits per heavy atom. The SMILES string of the molecule is CN(CC1CC(O)C1)CC(C)(C)C(N)c1ccccc1. The average Bonchev–Trinajstić information content (AvgIpc) is 2.36. The van der Waals surface area contributed by atoms with Crippen molar-refractivity contribution in [1.82, 2.24) is 4.90 Å². The Kier molecular flexibility index (Phi) is 4.84. The smallest absolute Gasteiger partial charge is 0.0546 e. The first kappa shape index (κ1) is 15.5. The first-order valence-corrected chi connectivity index (χ1v) is 7.55. The third kappa shape index (κ3) is 3.81. The monoisotopic (exact) mass is 276 g/mol. The van der Waals surface area contributed by atoms with E-state index in [1.165, 1.54) is 5.56 Å². The van der Waals surface area contributed by atoms with Crippen LogP contribution in [0, 0.1) is 11.3 Å². The van der Waals surface area contributed by atoms with Gasteiger partial charge in [0.2, 0.25) is 0 Å². The van der Waals surface area contributed by atoms with E-state index < -0.39 is 0 Å². The molecular weight excluding hydrogens is 248 g/mol. The van der Waals surface area contributed by atoms with Crippen LogP contribution >= 0.6 is 0 Å². The zero-order valence-electron chi connectivity index (χ0n) is 12.9. The molecule has 20 heavy (non-hydrogen) atoms. The van der Waals surface area contributed by atoms with E-state index in [1.54, 1.807) is 0 Å². The lowest BCUT2D eigenvalue weighted by Crippen LogP contribution is -2.43. The van der Waals surface area contributed by atoms with Gasteiger partial charge in [-0.05, 0) is 36.8 Å². The maximum atomic E-state index is 9.36. The second-order valence-electron chi connectivity index (χ2n) is 7.06. The summed E-state index contributed by atoms with van der Waals surface area (Å²) in [6, 6.07) is 10.4. The summed E-state index contributed by atoms with van der Waals surface area (Å²) in [5.41, 5.74) is 7.68. The Morgan fingerprint density at radius 3 is 2.45 bits per heavy atom. The molecule has 0 aliphatic heterocycles. The number of aliphatic hydroxyl groups excluding tert-OH is 1. The molecule has 1 atom stereocenters. The lowest BCUT2D eigenvalue weighted by Gasteiger charge is -2.39. The summed E-state index contributed by atoms with van der Waals surface area (Å²) in [4.78, 5) is 2.36. The number of nitrogens with two attached hydrogens (primary N) is 1. The zero-order valence-corrected chi connectivity index (χ0v) is 12.9. The Balaban J connectivity index is 1.89. The van der Waals surface area contributed by atoms with Crippen LogP contribution in [0.1, 0.15) is 38.3 Å². The van der Waals surface area contributed by atoms with E-state index in [4.69, 9.17) is 5.73 Å². The van der Waals surface area contributed by atoms with E-state index in [1.807, 2.05) is 18.2 Å². The molecule has 0 saturated heterocycles. The molecule has 1 saturated carbocycles. The Bertz CT molecular complexity index is 412. The summed E-state index contributed by atoms with van der Waals surface area (Å²) in [5.74, 6) is 0.652. The molecule has 0 spiro atoms. The minimum Gasteiger partial charge on any atom is -0.393 e. The average molecular weight is 276 g/mol. The van der Waals surface area contributed by atoms with Crippen molar-refractivity contribution in [2.24, 2.45) is 17.1 Å². The van der Waals surface area contributed by atoms with Gasteiger partial charge < -0.3 is 15.7 Å². The highest BCUT2D eigenvalue weighted by Crippen LogP contribution is 2.33. The van der Waals surface area contributed by atoms with Crippen LogP contribution in [0.15, 0.2) is 30.3 Å². The fourth-order valence-corrected chi connectivity index (χ4v) is 3.26. The molecule has 3 heteroatoms. The second kappa shape index (κ2) is 6.25. The second-order valence-corrected chi connectivity index (χ2v) is 7.06. The molecule has 0 aromatic heterocycles. The summed E-state index contributed by atoms with van der Waals surface area (Å²) in [7, 11) is 2.16. The first-order valence-electron chi connectivity index (χ1n) is 7.55. The van der Waals surface area contributed by atoms with Crippen molar-refractivity contribution < 1.29 is 5.11 Å². The molecule has 3 N–H and O–H groups in total. The Labute approximate surface area is 122 Å². The molecule has 0 radical (unpaired) electrons. The molecule has 1 aliphatic carbocycles. The van der Waals surface area contributed by atoms with Gasteiger partial charge >= 0.3 is 0 Å². The summed E-state index contributed by atoms with van der Waals surface area (Å²) in [5, 5.41) is 9.36. The maximum Gasteiger partial charge on any atom is 0.0546 e. The normalized spacial score (nSPS) is 24.5. The van der Waals surface area contributed by atoms with Gasteiger partial charge in [0, 0.05) is 19.1 Å². The van der Waals surface area contributed by atoms with Gasteiger partial charge in [-0.1, -0.05) is 44.2 Å². The molecule has 2 rings (SSSR count). The molecule has 1 aromatic rings. The first-order chi connectivity index (χ1) is 9.38. The summed E-state index contributed by atoms with van der Waals surface area (Å²) in [6.45, 7) is 6.49. The zero-order chi connectivity index (χ0) is 14.8. The van der Waals surface area contributed by atoms with Gasteiger partial charge in [0.1, 0.15) is 0 Å². The van der Waals surface area contributed by atoms with Crippen LogP contribution < -0.4 is 5.73 Å². The Morgan fingerprint density at radius 2 is 1.90 bits per heavy atom. The van der Waals surface area contributed by atoms with Crippen LogP contribution in [-0.2, 0) is 0 Å². The predicted molar refractivity (Wildman–Crippen MR) is 83.4 cm³/mol. The standard InChI is InChI=1S/C17H28N2O/c1-17(2,16(18)14-7-5-4-6-8-14)12-19(3)11-13-9-15(20)10-13/h4-8,13,15-16,20H,9-12,18H2,1-3H3. The molecule has 1 aliphatic rings. The number of benzene rings is 1. The maximum absolute atomic E-state index is 9.36. The highest BCUT2D eigenvalue weighted by Gasteiger charge is 2.32. The van der Waals surface area contributed by atoms with Gasteiger partial charge in [-0.3, -0.25) is 0 Å². The van der Waals surface area contributed by atoms with Crippen molar-refractivity contribution in [3.63, 3.8) is 0 Å². The van der Waals surface area contributed by atoms with E-state index in [9.17, 15) is 5.11 Å². The molecule has 112 valence electrons. The third-order valence-corrected chi connectivity index (χ3v) is 4.46. The molecule has 0 heterocycles. The minimum absolute atomic E-state index is 0.0263. The van der Waals surface area contributed by atoms with Gasteiger partial charge in [0.15, 0.2) is 0 Å². The van der Waals surface area contributed by atoms with Crippen LogP contribution in [0.4, 0.5) is 0 Å². The van der Waals surface area contributed by atoms with Gasteiger partial charge in [0.05, 0.1) is 6.10 Å². The molecule has 1 aromatic carbocycles. The molecule has 3 nitrogen and oxygen atoms in total. The molecule has 0 bridgehead atoms. The van der Waals surface area contributed by atoms with E-state index >= 15 is 0 Å². The van der Waals surface area contributed by atoms with E-state index in [0.29, 0.717) is 5.92 Å². The fourth-order valence-electron chi connectivity index (χ4n) is 3.26. The lowest BCUT2D eigenvalue weighted by molar-refractivity contribution is 0.0221.